The fourth-order valence-corrected chi connectivity index (χ4v) is 2.59. The van der Waals surface area contributed by atoms with E-state index in [1.807, 2.05) is 19.9 Å². The van der Waals surface area contributed by atoms with Crippen LogP contribution >= 0.6 is 0 Å². The molecule has 1 heterocycles. The molecule has 0 spiro atoms. The summed E-state index contributed by atoms with van der Waals surface area (Å²) < 4.78 is 11.0. The third-order valence-electron chi connectivity index (χ3n) is 4.13. The number of carboxylic acid groups (broad SMARTS) is 1. The molecule has 8 heteroatoms. The van der Waals surface area contributed by atoms with Gasteiger partial charge in [-0.2, -0.15) is 0 Å². The molecule has 26 heavy (non-hydrogen) atoms. The fraction of sp³-hybridized carbons (Fsp3) is 0.500. The van der Waals surface area contributed by atoms with Gasteiger partial charge in [0.15, 0.2) is 0 Å². The Labute approximate surface area is 150 Å². The van der Waals surface area contributed by atoms with Gasteiger partial charge in [0, 0.05) is 0 Å². The van der Waals surface area contributed by atoms with Crippen molar-refractivity contribution in [2.75, 3.05) is 6.61 Å². The molecular weight excluding hydrogens is 344 g/mol. The fourth-order valence-electron chi connectivity index (χ4n) is 2.59. The van der Waals surface area contributed by atoms with E-state index in [9.17, 15) is 25.2 Å². The van der Waals surface area contributed by atoms with Crippen molar-refractivity contribution in [3.8, 4) is 5.75 Å². The van der Waals surface area contributed by atoms with Gasteiger partial charge in [0.2, 0.25) is 6.29 Å². The van der Waals surface area contributed by atoms with Crippen molar-refractivity contribution in [3.63, 3.8) is 0 Å². The number of rotatable bonds is 6. The first-order chi connectivity index (χ1) is 12.2. The van der Waals surface area contributed by atoms with Crippen molar-refractivity contribution in [1.29, 1.82) is 0 Å². The quantitative estimate of drug-likeness (QED) is 0.445. The van der Waals surface area contributed by atoms with Crippen LogP contribution in [0.5, 0.6) is 5.75 Å². The molecule has 1 aliphatic heterocycles. The van der Waals surface area contributed by atoms with Gasteiger partial charge < -0.3 is 35.0 Å². The minimum Gasteiger partial charge on any atom is -0.478 e. The smallest absolute Gasteiger partial charge is 0.335 e. The average molecular weight is 368 g/mol. The van der Waals surface area contributed by atoms with E-state index in [-0.39, 0.29) is 11.3 Å². The zero-order valence-electron chi connectivity index (χ0n) is 14.6. The third kappa shape index (κ3) is 4.60. The summed E-state index contributed by atoms with van der Waals surface area (Å²) in [5.41, 5.74) is 1.68. The van der Waals surface area contributed by atoms with Crippen LogP contribution in [0.2, 0.25) is 0 Å². The number of aliphatic hydroxyl groups excluding tert-OH is 4. The predicted octanol–water partition coefficient (Wildman–Crippen LogP) is 0.0722. The first kappa shape index (κ1) is 20.3. The minimum atomic E-state index is -1.55. The number of hydrogen-bond donors (Lipinski definition) is 5. The van der Waals surface area contributed by atoms with Crippen LogP contribution in [0.1, 0.15) is 29.8 Å². The molecule has 0 radical (unpaired) electrons. The van der Waals surface area contributed by atoms with E-state index >= 15 is 0 Å². The number of aromatic carboxylic acids is 1. The summed E-state index contributed by atoms with van der Waals surface area (Å²) in [6.45, 7) is 3.24. The van der Waals surface area contributed by atoms with Gasteiger partial charge in [-0.05, 0) is 44.0 Å². The van der Waals surface area contributed by atoms with Gasteiger partial charge in [0.05, 0.1) is 12.2 Å². The second kappa shape index (κ2) is 8.61. The van der Waals surface area contributed by atoms with Gasteiger partial charge in [-0.3, -0.25) is 0 Å². The zero-order valence-corrected chi connectivity index (χ0v) is 14.6. The maximum Gasteiger partial charge on any atom is 0.335 e. The van der Waals surface area contributed by atoms with Crippen molar-refractivity contribution in [1.82, 2.24) is 0 Å². The number of benzene rings is 1. The molecule has 1 saturated heterocycles. The summed E-state index contributed by atoms with van der Waals surface area (Å²) in [6, 6.07) is 4.26. The Morgan fingerprint density at radius 3 is 2.46 bits per heavy atom. The lowest BCUT2D eigenvalue weighted by molar-refractivity contribution is -0.277. The number of allylic oxidation sites excluding steroid dienone is 2. The summed E-state index contributed by atoms with van der Waals surface area (Å²) in [7, 11) is 0. The molecular formula is C18H24O8. The van der Waals surface area contributed by atoms with E-state index in [0.29, 0.717) is 12.0 Å². The maximum atomic E-state index is 11.2. The van der Waals surface area contributed by atoms with Crippen LogP contribution in [0.4, 0.5) is 0 Å². The van der Waals surface area contributed by atoms with Crippen molar-refractivity contribution in [2.24, 2.45) is 0 Å². The van der Waals surface area contributed by atoms with E-state index in [2.05, 4.69) is 0 Å². The first-order valence-electron chi connectivity index (χ1n) is 8.21. The normalized spacial score (nSPS) is 28.5. The Balaban J connectivity index is 2.29. The van der Waals surface area contributed by atoms with Gasteiger partial charge in [-0.1, -0.05) is 11.6 Å². The van der Waals surface area contributed by atoms with Crippen LogP contribution in [0.3, 0.4) is 0 Å². The monoisotopic (exact) mass is 368 g/mol. The number of aliphatic hydroxyl groups is 4. The van der Waals surface area contributed by atoms with Gasteiger partial charge >= 0.3 is 5.97 Å². The first-order valence-corrected chi connectivity index (χ1v) is 8.21. The molecule has 1 aliphatic rings. The van der Waals surface area contributed by atoms with E-state index in [1.165, 1.54) is 18.2 Å². The van der Waals surface area contributed by atoms with Crippen molar-refractivity contribution in [2.45, 2.75) is 51.0 Å². The van der Waals surface area contributed by atoms with E-state index in [4.69, 9.17) is 14.6 Å². The molecule has 1 fully saturated rings. The number of hydrogen-bond acceptors (Lipinski definition) is 7. The molecule has 144 valence electrons. The van der Waals surface area contributed by atoms with Crippen LogP contribution in [0.25, 0.3) is 0 Å². The number of carbonyl (C=O) groups is 1. The van der Waals surface area contributed by atoms with Crippen LogP contribution in [0, 0.1) is 0 Å². The Morgan fingerprint density at radius 2 is 1.88 bits per heavy atom. The van der Waals surface area contributed by atoms with Crippen molar-refractivity contribution >= 4 is 5.97 Å². The Bertz CT molecular complexity index is 665. The van der Waals surface area contributed by atoms with E-state index in [1.54, 1.807) is 0 Å². The van der Waals surface area contributed by atoms with Gasteiger partial charge in [-0.15, -0.1) is 0 Å². The summed E-state index contributed by atoms with van der Waals surface area (Å²) in [5.74, 6) is -0.806. The lowest BCUT2D eigenvalue weighted by atomic mass is 9.99. The highest BCUT2D eigenvalue weighted by Gasteiger charge is 2.44. The molecule has 0 saturated carbocycles. The molecule has 0 bridgehead atoms. The summed E-state index contributed by atoms with van der Waals surface area (Å²) in [5, 5.41) is 48.2. The molecule has 0 aromatic heterocycles. The lowest BCUT2D eigenvalue weighted by Gasteiger charge is -2.39. The Morgan fingerprint density at radius 1 is 1.19 bits per heavy atom. The molecule has 1 aromatic rings. The Hall–Kier alpha value is -1.97. The van der Waals surface area contributed by atoms with Gasteiger partial charge in [0.1, 0.15) is 30.2 Å². The highest BCUT2D eigenvalue weighted by Crippen LogP contribution is 2.28. The lowest BCUT2D eigenvalue weighted by Crippen LogP contribution is -2.60. The zero-order chi connectivity index (χ0) is 19.4. The van der Waals surface area contributed by atoms with Gasteiger partial charge in [0.25, 0.3) is 0 Å². The van der Waals surface area contributed by atoms with Gasteiger partial charge in [-0.25, -0.2) is 4.79 Å². The molecule has 2 rings (SSSR count). The van der Waals surface area contributed by atoms with Crippen LogP contribution < -0.4 is 4.74 Å². The highest BCUT2D eigenvalue weighted by molar-refractivity contribution is 5.88. The summed E-state index contributed by atoms with van der Waals surface area (Å²) >= 11 is 0. The van der Waals surface area contributed by atoms with Crippen molar-refractivity contribution in [3.05, 3.63) is 41.0 Å². The summed E-state index contributed by atoms with van der Waals surface area (Å²) in [6.07, 6.45) is -4.69. The highest BCUT2D eigenvalue weighted by atomic mass is 16.7. The predicted molar refractivity (Wildman–Crippen MR) is 90.9 cm³/mol. The standard InChI is InChI=1S/C18H24O8/c1-9(2)3-4-10-7-11(17(23)24)5-6-12(10)25-18-16(22)15(21)14(20)13(8-19)26-18/h3,5-7,13-16,18-22H,4,8H2,1-2H3,(H,23,24)/t13-,14-,15+,16-,18-/m1/s1. The minimum absolute atomic E-state index is 0.0864. The van der Waals surface area contributed by atoms with Crippen LogP contribution in [-0.4, -0.2) is 68.8 Å². The Kier molecular flexibility index (Phi) is 6.74. The van der Waals surface area contributed by atoms with E-state index < -0.39 is 43.3 Å². The second-order valence-corrected chi connectivity index (χ2v) is 6.43. The largest absolute Gasteiger partial charge is 0.478 e. The number of ether oxygens (including phenoxy) is 2. The summed E-state index contributed by atoms with van der Waals surface area (Å²) in [4.78, 5) is 11.2. The second-order valence-electron chi connectivity index (χ2n) is 6.43. The topological polar surface area (TPSA) is 137 Å². The van der Waals surface area contributed by atoms with Crippen molar-refractivity contribution < 1.29 is 39.8 Å². The maximum absolute atomic E-state index is 11.2. The molecule has 0 amide bonds. The third-order valence-corrected chi connectivity index (χ3v) is 4.13. The van der Waals surface area contributed by atoms with Crippen LogP contribution in [-0.2, 0) is 11.2 Å². The molecule has 0 unspecified atom stereocenters. The van der Waals surface area contributed by atoms with E-state index in [0.717, 1.165) is 5.57 Å². The number of carboxylic acids is 1. The molecule has 1 aromatic carbocycles. The SMILES string of the molecule is CC(C)=CCc1cc(C(=O)O)ccc1O[C@@H]1O[C@H](CO)[C@@H](O)[C@H](O)[C@H]1O. The average Bonchev–Trinajstić information content (AvgIpc) is 2.60. The molecule has 5 atom stereocenters. The molecule has 8 nitrogen and oxygen atoms in total. The molecule has 5 N–H and O–H groups in total. The van der Waals surface area contributed by atoms with Crippen LogP contribution in [0.15, 0.2) is 29.8 Å². The molecule has 0 aliphatic carbocycles.